The Morgan fingerprint density at radius 1 is 1.35 bits per heavy atom. The molecule has 0 radical (unpaired) electrons. The summed E-state index contributed by atoms with van der Waals surface area (Å²) in [5.41, 5.74) is 0.986. The minimum Gasteiger partial charge on any atom is -0.487 e. The molecule has 1 aromatic rings. The fourth-order valence-electron chi connectivity index (χ4n) is 3.38. The minimum atomic E-state index is -0.511. The molecule has 4 nitrogen and oxygen atoms in total. The monoisotopic (exact) mass is 276 g/mol. The van der Waals surface area contributed by atoms with E-state index >= 15 is 0 Å². The molecular formula is C16H20O4. The molecule has 1 atom stereocenters. The van der Waals surface area contributed by atoms with E-state index in [1.165, 1.54) is 13.5 Å². The maximum atomic E-state index is 11.6. The molecule has 1 fully saturated rings. The first-order valence-electron chi connectivity index (χ1n) is 7.23. The highest BCUT2D eigenvalue weighted by atomic mass is 16.5. The van der Waals surface area contributed by atoms with Crippen LogP contribution in [0.1, 0.15) is 60.6 Å². The van der Waals surface area contributed by atoms with Crippen LogP contribution >= 0.6 is 0 Å². The van der Waals surface area contributed by atoms with Gasteiger partial charge in [-0.3, -0.25) is 0 Å². The van der Waals surface area contributed by atoms with Gasteiger partial charge in [-0.15, -0.1) is 0 Å². The van der Waals surface area contributed by atoms with Crippen molar-refractivity contribution < 1.29 is 19.4 Å². The Balaban J connectivity index is 1.94. The van der Waals surface area contributed by atoms with Crippen molar-refractivity contribution in [1.82, 2.24) is 0 Å². The molecule has 1 aromatic carbocycles. The number of hydrogen-bond donors (Lipinski definition) is 1. The average Bonchev–Trinajstić information content (AvgIpc) is 2.46. The summed E-state index contributed by atoms with van der Waals surface area (Å²) in [4.78, 5) is 11.6. The largest absolute Gasteiger partial charge is 0.487 e. The van der Waals surface area contributed by atoms with E-state index in [1.54, 1.807) is 18.2 Å². The second kappa shape index (κ2) is 5.09. The third-order valence-electron chi connectivity index (χ3n) is 4.45. The summed E-state index contributed by atoms with van der Waals surface area (Å²) in [7, 11) is 1.36. The number of aliphatic hydroxyl groups excluding tert-OH is 1. The standard InChI is InChI=1S/C16H20O4/c1-19-15(18)11-5-6-12-13(17)10-16(20-14(12)9-11)7-3-2-4-8-16/h5-6,9,13,17H,2-4,7-8,10H2,1H3. The van der Waals surface area contributed by atoms with Gasteiger partial charge in [0.25, 0.3) is 0 Å². The lowest BCUT2D eigenvalue weighted by atomic mass is 9.78. The van der Waals surface area contributed by atoms with E-state index < -0.39 is 6.10 Å². The van der Waals surface area contributed by atoms with Crippen molar-refractivity contribution in [3.63, 3.8) is 0 Å². The topological polar surface area (TPSA) is 55.8 Å². The van der Waals surface area contributed by atoms with Crippen LogP contribution < -0.4 is 4.74 Å². The van der Waals surface area contributed by atoms with Gasteiger partial charge in [-0.25, -0.2) is 4.79 Å². The first-order chi connectivity index (χ1) is 9.63. The third-order valence-corrected chi connectivity index (χ3v) is 4.45. The van der Waals surface area contributed by atoms with Crippen LogP contribution in [0, 0.1) is 0 Å². The van der Waals surface area contributed by atoms with Gasteiger partial charge in [0.05, 0.1) is 18.8 Å². The first-order valence-corrected chi connectivity index (χ1v) is 7.23. The maximum Gasteiger partial charge on any atom is 0.337 e. The first kappa shape index (κ1) is 13.4. The molecule has 0 amide bonds. The smallest absolute Gasteiger partial charge is 0.337 e. The van der Waals surface area contributed by atoms with E-state index in [0.29, 0.717) is 17.7 Å². The zero-order chi connectivity index (χ0) is 14.2. The molecule has 1 aliphatic heterocycles. The fraction of sp³-hybridized carbons (Fsp3) is 0.562. The highest BCUT2D eigenvalue weighted by molar-refractivity contribution is 5.90. The van der Waals surface area contributed by atoms with Crippen LogP contribution in [-0.4, -0.2) is 23.8 Å². The van der Waals surface area contributed by atoms with Crippen molar-refractivity contribution in [2.75, 3.05) is 7.11 Å². The molecule has 2 aliphatic rings. The van der Waals surface area contributed by atoms with Crippen molar-refractivity contribution in [3.05, 3.63) is 29.3 Å². The molecule has 0 aromatic heterocycles. The summed E-state index contributed by atoms with van der Waals surface area (Å²) >= 11 is 0. The molecule has 20 heavy (non-hydrogen) atoms. The molecule has 1 unspecified atom stereocenters. The normalized spacial score (nSPS) is 23.8. The van der Waals surface area contributed by atoms with Crippen molar-refractivity contribution in [2.45, 2.75) is 50.2 Å². The summed E-state index contributed by atoms with van der Waals surface area (Å²) in [6.45, 7) is 0. The van der Waals surface area contributed by atoms with Crippen LogP contribution in [0.25, 0.3) is 0 Å². The number of fused-ring (bicyclic) bond motifs is 1. The van der Waals surface area contributed by atoms with E-state index in [1.807, 2.05) is 0 Å². The Bertz CT molecular complexity index is 517. The van der Waals surface area contributed by atoms with Gasteiger partial charge in [0.1, 0.15) is 11.4 Å². The second-order valence-corrected chi connectivity index (χ2v) is 5.81. The predicted octanol–water partition coefficient (Wildman–Crippen LogP) is 2.99. The number of ether oxygens (including phenoxy) is 2. The van der Waals surface area contributed by atoms with Crippen molar-refractivity contribution in [1.29, 1.82) is 0 Å². The van der Waals surface area contributed by atoms with Gasteiger partial charge in [0.2, 0.25) is 0 Å². The average molecular weight is 276 g/mol. The number of esters is 1. The zero-order valence-electron chi connectivity index (χ0n) is 11.7. The van der Waals surface area contributed by atoms with E-state index in [-0.39, 0.29) is 11.6 Å². The maximum absolute atomic E-state index is 11.6. The number of hydrogen-bond acceptors (Lipinski definition) is 4. The molecule has 1 spiro atoms. The lowest BCUT2D eigenvalue weighted by Gasteiger charge is -2.43. The van der Waals surface area contributed by atoms with Crippen LogP contribution in [-0.2, 0) is 4.74 Å². The quantitative estimate of drug-likeness (QED) is 0.801. The van der Waals surface area contributed by atoms with Gasteiger partial charge in [-0.05, 0) is 37.8 Å². The van der Waals surface area contributed by atoms with E-state index in [0.717, 1.165) is 31.2 Å². The third kappa shape index (κ3) is 2.29. The lowest BCUT2D eigenvalue weighted by Crippen LogP contribution is -2.42. The van der Waals surface area contributed by atoms with Crippen molar-refractivity contribution in [2.24, 2.45) is 0 Å². The van der Waals surface area contributed by atoms with Crippen LogP contribution in [0.15, 0.2) is 18.2 Å². The molecule has 4 heteroatoms. The number of carbonyl (C=O) groups excluding carboxylic acids is 1. The van der Waals surface area contributed by atoms with E-state index in [2.05, 4.69) is 0 Å². The summed E-state index contributed by atoms with van der Waals surface area (Å²) in [5, 5.41) is 10.4. The SMILES string of the molecule is COC(=O)c1ccc2c(c1)OC1(CCCCC1)CC2O. The van der Waals surface area contributed by atoms with Crippen molar-refractivity contribution >= 4 is 5.97 Å². The molecule has 1 aliphatic carbocycles. The Morgan fingerprint density at radius 2 is 2.10 bits per heavy atom. The summed E-state index contributed by atoms with van der Waals surface area (Å²) in [5.74, 6) is 0.253. The highest BCUT2D eigenvalue weighted by Crippen LogP contribution is 2.46. The van der Waals surface area contributed by atoms with Gasteiger partial charge < -0.3 is 14.6 Å². The van der Waals surface area contributed by atoms with E-state index in [4.69, 9.17) is 9.47 Å². The van der Waals surface area contributed by atoms with Gasteiger partial charge >= 0.3 is 5.97 Å². The van der Waals surface area contributed by atoms with Crippen LogP contribution in [0.5, 0.6) is 5.75 Å². The molecule has 3 rings (SSSR count). The Kier molecular flexibility index (Phi) is 3.42. The van der Waals surface area contributed by atoms with Gasteiger partial charge in [-0.1, -0.05) is 12.5 Å². The second-order valence-electron chi connectivity index (χ2n) is 5.81. The molecule has 1 heterocycles. The molecule has 1 N–H and O–H groups in total. The van der Waals surface area contributed by atoms with Crippen LogP contribution in [0.2, 0.25) is 0 Å². The number of benzene rings is 1. The zero-order valence-corrected chi connectivity index (χ0v) is 11.7. The molecule has 0 bridgehead atoms. The number of methoxy groups -OCH3 is 1. The van der Waals surface area contributed by atoms with Gasteiger partial charge in [0.15, 0.2) is 0 Å². The van der Waals surface area contributed by atoms with Crippen LogP contribution in [0.4, 0.5) is 0 Å². The Labute approximate surface area is 118 Å². The summed E-state index contributed by atoms with van der Waals surface area (Å²) in [6.07, 6.45) is 5.60. The molecule has 0 saturated heterocycles. The van der Waals surface area contributed by atoms with Gasteiger partial charge in [-0.2, -0.15) is 0 Å². The summed E-state index contributed by atoms with van der Waals surface area (Å²) in [6, 6.07) is 5.14. The summed E-state index contributed by atoms with van der Waals surface area (Å²) < 4.78 is 10.9. The Hall–Kier alpha value is -1.55. The number of aliphatic hydroxyl groups is 1. The number of carbonyl (C=O) groups is 1. The molecule has 108 valence electrons. The van der Waals surface area contributed by atoms with Crippen molar-refractivity contribution in [3.8, 4) is 5.75 Å². The molecule has 1 saturated carbocycles. The van der Waals surface area contributed by atoms with E-state index in [9.17, 15) is 9.90 Å². The van der Waals surface area contributed by atoms with Gasteiger partial charge in [0, 0.05) is 12.0 Å². The fourth-order valence-corrected chi connectivity index (χ4v) is 3.38. The highest BCUT2D eigenvalue weighted by Gasteiger charge is 2.41. The van der Waals surface area contributed by atoms with Crippen LogP contribution in [0.3, 0.4) is 0 Å². The minimum absolute atomic E-state index is 0.251. The Morgan fingerprint density at radius 3 is 2.80 bits per heavy atom. The molecular weight excluding hydrogens is 256 g/mol. The lowest BCUT2D eigenvalue weighted by molar-refractivity contribution is -0.0382. The number of rotatable bonds is 1. The predicted molar refractivity (Wildman–Crippen MR) is 73.8 cm³/mol.